The highest BCUT2D eigenvalue weighted by Gasteiger charge is 2.33. The van der Waals surface area contributed by atoms with Crippen LogP contribution in [0.3, 0.4) is 0 Å². The van der Waals surface area contributed by atoms with Gasteiger partial charge in [-0.3, -0.25) is 9.59 Å². The fourth-order valence-electron chi connectivity index (χ4n) is 5.97. The summed E-state index contributed by atoms with van der Waals surface area (Å²) >= 11 is 0. The molecule has 28 heavy (non-hydrogen) atoms. The van der Waals surface area contributed by atoms with Crippen LogP contribution in [-0.2, 0) is 9.59 Å². The number of carbonyl (C=O) groups excluding carboxylic acids is 2. The van der Waals surface area contributed by atoms with Crippen molar-refractivity contribution < 1.29 is 9.59 Å². The molecular weight excluding hydrogens is 350 g/mol. The van der Waals surface area contributed by atoms with E-state index in [1.54, 1.807) is 0 Å². The zero-order valence-corrected chi connectivity index (χ0v) is 17.6. The van der Waals surface area contributed by atoms with E-state index in [9.17, 15) is 9.59 Å². The highest BCUT2D eigenvalue weighted by molar-refractivity contribution is 5.79. The maximum atomic E-state index is 12.6. The maximum absolute atomic E-state index is 12.6. The predicted molar refractivity (Wildman–Crippen MR) is 111 cm³/mol. The lowest BCUT2D eigenvalue weighted by atomic mass is 9.92. The Morgan fingerprint density at radius 1 is 0.679 bits per heavy atom. The zero-order chi connectivity index (χ0) is 19.3. The monoisotopic (exact) mass is 389 g/mol. The van der Waals surface area contributed by atoms with E-state index in [-0.39, 0.29) is 5.92 Å². The van der Waals surface area contributed by atoms with Crippen molar-refractivity contribution in [3.63, 3.8) is 0 Å². The molecule has 0 unspecified atom stereocenters. The molecule has 1 aliphatic carbocycles. The van der Waals surface area contributed by atoms with Crippen molar-refractivity contribution in [3.05, 3.63) is 0 Å². The van der Waals surface area contributed by atoms with E-state index in [1.807, 2.05) is 0 Å². The molecule has 3 heterocycles. The Morgan fingerprint density at radius 3 is 1.96 bits per heavy atom. The van der Waals surface area contributed by atoms with Crippen LogP contribution in [0.15, 0.2) is 0 Å². The molecule has 3 saturated heterocycles. The molecule has 3 aliphatic heterocycles. The summed E-state index contributed by atoms with van der Waals surface area (Å²) in [5.41, 5.74) is 0. The first-order valence-electron chi connectivity index (χ1n) is 12.0. The van der Waals surface area contributed by atoms with Crippen molar-refractivity contribution in [2.24, 2.45) is 11.8 Å². The van der Waals surface area contributed by atoms with Crippen LogP contribution in [0.2, 0.25) is 0 Å². The lowest BCUT2D eigenvalue weighted by Gasteiger charge is -2.42. The Balaban J connectivity index is 1.15. The summed E-state index contributed by atoms with van der Waals surface area (Å²) in [4.78, 5) is 32.0. The van der Waals surface area contributed by atoms with Gasteiger partial charge in [-0.2, -0.15) is 0 Å². The average molecular weight is 390 g/mol. The quantitative estimate of drug-likeness (QED) is 0.725. The van der Waals surface area contributed by atoms with E-state index < -0.39 is 0 Å². The number of rotatable bonds is 5. The summed E-state index contributed by atoms with van der Waals surface area (Å²) in [6, 6.07) is 0.613. The molecule has 2 amide bonds. The normalized spacial score (nSPS) is 26.3. The fourth-order valence-corrected chi connectivity index (χ4v) is 5.97. The Morgan fingerprint density at radius 2 is 1.32 bits per heavy atom. The molecule has 0 aromatic heterocycles. The highest BCUT2D eigenvalue weighted by Crippen LogP contribution is 2.30. The predicted octanol–water partition coefficient (Wildman–Crippen LogP) is 3.28. The lowest BCUT2D eigenvalue weighted by molar-refractivity contribution is -0.137. The standard InChI is InChI=1S/C23H39N3O2/c27-22(8-7-19-5-1-2-6-19)25-17-11-21(12-18-25)24-15-9-20(10-16-24)23(28)26-13-3-4-14-26/h19-21H,1-18H2. The Labute approximate surface area is 170 Å². The van der Waals surface area contributed by atoms with Crippen LogP contribution in [-0.4, -0.2) is 71.8 Å². The van der Waals surface area contributed by atoms with Gasteiger partial charge in [0.15, 0.2) is 0 Å². The van der Waals surface area contributed by atoms with Gasteiger partial charge in [0.2, 0.25) is 11.8 Å². The van der Waals surface area contributed by atoms with Gasteiger partial charge in [0, 0.05) is 44.6 Å². The second-order valence-electron chi connectivity index (χ2n) is 9.64. The van der Waals surface area contributed by atoms with E-state index in [4.69, 9.17) is 0 Å². The van der Waals surface area contributed by atoms with Gasteiger partial charge in [-0.15, -0.1) is 0 Å². The van der Waals surface area contributed by atoms with E-state index in [0.717, 1.165) is 83.7 Å². The maximum Gasteiger partial charge on any atom is 0.225 e. The first kappa shape index (κ1) is 20.2. The zero-order valence-electron chi connectivity index (χ0n) is 17.6. The molecular formula is C23H39N3O2. The molecule has 5 nitrogen and oxygen atoms in total. The molecule has 0 N–H and O–H groups in total. The van der Waals surface area contributed by atoms with E-state index in [2.05, 4.69) is 14.7 Å². The molecule has 4 aliphatic rings. The number of amides is 2. The summed E-state index contributed by atoms with van der Waals surface area (Å²) < 4.78 is 0. The van der Waals surface area contributed by atoms with Gasteiger partial charge < -0.3 is 14.7 Å². The molecule has 0 radical (unpaired) electrons. The van der Waals surface area contributed by atoms with Crippen molar-refractivity contribution in [2.75, 3.05) is 39.3 Å². The smallest absolute Gasteiger partial charge is 0.225 e. The van der Waals surface area contributed by atoms with E-state index >= 15 is 0 Å². The Hall–Kier alpha value is -1.10. The average Bonchev–Trinajstić information content (AvgIpc) is 3.46. The second-order valence-corrected chi connectivity index (χ2v) is 9.64. The van der Waals surface area contributed by atoms with E-state index in [1.165, 1.54) is 38.5 Å². The molecule has 0 spiro atoms. The minimum absolute atomic E-state index is 0.256. The van der Waals surface area contributed by atoms with Gasteiger partial charge in [-0.25, -0.2) is 0 Å². The number of piperidine rings is 2. The minimum atomic E-state index is 0.256. The van der Waals surface area contributed by atoms with Gasteiger partial charge in [-0.05, 0) is 64.0 Å². The highest BCUT2D eigenvalue weighted by atomic mass is 16.2. The summed E-state index contributed by atoms with van der Waals surface area (Å²) in [7, 11) is 0. The first-order valence-corrected chi connectivity index (χ1v) is 12.0. The SMILES string of the molecule is O=C(CCC1CCCC1)N1CCC(N2CCC(C(=O)N3CCCC3)CC2)CC1. The molecule has 0 aromatic carbocycles. The first-order chi connectivity index (χ1) is 13.7. The number of carbonyl (C=O) groups is 2. The topological polar surface area (TPSA) is 43.9 Å². The van der Waals surface area contributed by atoms with Crippen LogP contribution >= 0.6 is 0 Å². The van der Waals surface area contributed by atoms with Crippen LogP contribution in [0.1, 0.15) is 77.0 Å². The Kier molecular flexibility index (Phi) is 6.92. The molecule has 1 saturated carbocycles. The summed E-state index contributed by atoms with van der Waals surface area (Å²) in [5.74, 6) is 1.87. The number of hydrogen-bond donors (Lipinski definition) is 0. The van der Waals surface area contributed by atoms with Crippen molar-refractivity contribution in [1.29, 1.82) is 0 Å². The molecule has 0 aromatic rings. The van der Waals surface area contributed by atoms with Crippen LogP contribution in [0.4, 0.5) is 0 Å². The number of nitrogens with zero attached hydrogens (tertiary/aromatic N) is 3. The molecule has 5 heteroatoms. The molecule has 4 fully saturated rings. The van der Waals surface area contributed by atoms with Gasteiger partial charge in [0.05, 0.1) is 0 Å². The third kappa shape index (κ3) is 4.90. The van der Waals surface area contributed by atoms with Crippen LogP contribution in [0.25, 0.3) is 0 Å². The summed E-state index contributed by atoms with van der Waals surface area (Å²) in [5, 5.41) is 0. The molecule has 0 bridgehead atoms. The van der Waals surface area contributed by atoms with Crippen LogP contribution < -0.4 is 0 Å². The van der Waals surface area contributed by atoms with Gasteiger partial charge in [0.25, 0.3) is 0 Å². The van der Waals surface area contributed by atoms with Gasteiger partial charge >= 0.3 is 0 Å². The van der Waals surface area contributed by atoms with Gasteiger partial charge in [-0.1, -0.05) is 25.7 Å². The van der Waals surface area contributed by atoms with Crippen LogP contribution in [0.5, 0.6) is 0 Å². The minimum Gasteiger partial charge on any atom is -0.343 e. The largest absolute Gasteiger partial charge is 0.343 e. The number of hydrogen-bond acceptors (Lipinski definition) is 3. The Bertz CT molecular complexity index is 524. The van der Waals surface area contributed by atoms with Crippen molar-refractivity contribution in [2.45, 2.75) is 83.1 Å². The summed E-state index contributed by atoms with van der Waals surface area (Å²) in [6.07, 6.45) is 13.9. The lowest BCUT2D eigenvalue weighted by Crippen LogP contribution is -2.50. The fraction of sp³-hybridized carbons (Fsp3) is 0.913. The molecule has 4 rings (SSSR count). The van der Waals surface area contributed by atoms with Crippen molar-refractivity contribution in [3.8, 4) is 0 Å². The third-order valence-corrected chi connectivity index (χ3v) is 7.87. The molecule has 158 valence electrons. The van der Waals surface area contributed by atoms with E-state index in [0.29, 0.717) is 17.9 Å². The van der Waals surface area contributed by atoms with Crippen molar-refractivity contribution >= 4 is 11.8 Å². The third-order valence-electron chi connectivity index (χ3n) is 7.87. The van der Waals surface area contributed by atoms with Crippen LogP contribution in [0, 0.1) is 11.8 Å². The van der Waals surface area contributed by atoms with Crippen molar-refractivity contribution in [1.82, 2.24) is 14.7 Å². The number of likely N-dealkylation sites (tertiary alicyclic amines) is 3. The summed E-state index contributed by atoms with van der Waals surface area (Å²) in [6.45, 7) is 5.94. The second kappa shape index (κ2) is 9.60. The van der Waals surface area contributed by atoms with Gasteiger partial charge in [0.1, 0.15) is 0 Å². The molecule has 0 atom stereocenters.